The minimum absolute atomic E-state index is 0.0285. The molecule has 2 saturated heterocycles. The molecule has 2 fully saturated rings. The average molecular weight is 385 g/mol. The summed E-state index contributed by atoms with van der Waals surface area (Å²) in [6.45, 7) is 6.42. The van der Waals surface area contributed by atoms with Gasteiger partial charge in [-0.1, -0.05) is 35.9 Å². The molecule has 27 heavy (non-hydrogen) atoms. The highest BCUT2D eigenvalue weighted by molar-refractivity contribution is 7.91. The summed E-state index contributed by atoms with van der Waals surface area (Å²) in [7, 11) is -3.16. The Balaban J connectivity index is 1.73. The van der Waals surface area contributed by atoms with Crippen molar-refractivity contribution in [2.24, 2.45) is 0 Å². The second-order valence-electron chi connectivity index (χ2n) is 7.83. The number of sulfone groups is 1. The van der Waals surface area contributed by atoms with Crippen LogP contribution in [0.2, 0.25) is 0 Å². The van der Waals surface area contributed by atoms with Crippen LogP contribution in [0.15, 0.2) is 42.5 Å². The Morgan fingerprint density at radius 1 is 0.926 bits per heavy atom. The van der Waals surface area contributed by atoms with Gasteiger partial charge in [-0.25, -0.2) is 13.2 Å². The van der Waals surface area contributed by atoms with E-state index in [2.05, 4.69) is 6.07 Å². The lowest BCUT2D eigenvalue weighted by Gasteiger charge is -2.23. The first-order valence-corrected chi connectivity index (χ1v) is 11.0. The Morgan fingerprint density at radius 3 is 2.26 bits per heavy atom. The lowest BCUT2D eigenvalue weighted by atomic mass is 10.1. The van der Waals surface area contributed by atoms with E-state index < -0.39 is 9.84 Å². The van der Waals surface area contributed by atoms with Crippen molar-refractivity contribution in [1.82, 2.24) is 4.90 Å². The summed E-state index contributed by atoms with van der Waals surface area (Å²) in [5.74, 6) is 0.0667. The van der Waals surface area contributed by atoms with Crippen LogP contribution in [0.25, 0.3) is 0 Å². The molecule has 0 N–H and O–H groups in total. The number of aryl methyl sites for hydroxylation is 3. The molecule has 0 radical (unpaired) electrons. The van der Waals surface area contributed by atoms with Gasteiger partial charge in [-0.3, -0.25) is 4.90 Å². The predicted octanol–water partition coefficient (Wildman–Crippen LogP) is 3.22. The zero-order valence-electron chi connectivity index (χ0n) is 15.8. The highest BCUT2D eigenvalue weighted by atomic mass is 32.2. The molecule has 2 aromatic rings. The van der Waals surface area contributed by atoms with Gasteiger partial charge >= 0.3 is 6.03 Å². The summed E-state index contributed by atoms with van der Waals surface area (Å²) >= 11 is 0. The first kappa shape index (κ1) is 18.0. The molecule has 0 unspecified atom stereocenters. The van der Waals surface area contributed by atoms with Gasteiger partial charge in [-0.15, -0.1) is 0 Å². The lowest BCUT2D eigenvalue weighted by Crippen LogP contribution is -2.37. The zero-order chi connectivity index (χ0) is 19.3. The molecule has 142 valence electrons. The predicted molar refractivity (Wildman–Crippen MR) is 107 cm³/mol. The smallest absolute Gasteiger partial charge is 0.314 e. The van der Waals surface area contributed by atoms with Crippen LogP contribution in [0.5, 0.6) is 0 Å². The average Bonchev–Trinajstić information content (AvgIpc) is 2.98. The van der Waals surface area contributed by atoms with Crippen LogP contribution in [0.1, 0.15) is 22.3 Å². The van der Waals surface area contributed by atoms with Crippen molar-refractivity contribution < 1.29 is 13.2 Å². The van der Waals surface area contributed by atoms with Gasteiger partial charge in [-0.2, -0.15) is 0 Å². The van der Waals surface area contributed by atoms with Crippen molar-refractivity contribution in [3.05, 3.63) is 64.7 Å². The van der Waals surface area contributed by atoms with Crippen molar-refractivity contribution in [2.75, 3.05) is 16.4 Å². The molecule has 5 nitrogen and oxygen atoms in total. The van der Waals surface area contributed by atoms with Crippen molar-refractivity contribution in [1.29, 1.82) is 0 Å². The molecule has 2 aliphatic heterocycles. The third-order valence-electron chi connectivity index (χ3n) is 5.40. The van der Waals surface area contributed by atoms with Crippen LogP contribution in [-0.2, 0) is 16.4 Å². The zero-order valence-corrected chi connectivity index (χ0v) is 16.7. The number of nitrogens with zero attached hydrogens (tertiary/aromatic N) is 2. The fraction of sp³-hybridized carbons (Fsp3) is 0.381. The summed E-state index contributed by atoms with van der Waals surface area (Å²) in [5, 5.41) is 0. The van der Waals surface area contributed by atoms with E-state index in [4.69, 9.17) is 0 Å². The molecule has 0 bridgehead atoms. The van der Waals surface area contributed by atoms with Gasteiger partial charge in [0, 0.05) is 12.2 Å². The topological polar surface area (TPSA) is 57.7 Å². The van der Waals surface area contributed by atoms with Crippen LogP contribution in [0.4, 0.5) is 10.5 Å². The Bertz CT molecular complexity index is 996. The Hall–Kier alpha value is -2.34. The third-order valence-corrected chi connectivity index (χ3v) is 7.10. The molecule has 6 heteroatoms. The number of carbonyl (C=O) groups is 1. The molecular weight excluding hydrogens is 360 g/mol. The Morgan fingerprint density at radius 2 is 1.59 bits per heavy atom. The second kappa shape index (κ2) is 6.37. The van der Waals surface area contributed by atoms with Gasteiger partial charge in [0.15, 0.2) is 9.84 Å². The molecule has 2 amide bonds. The molecule has 4 rings (SSSR count). The molecule has 2 aliphatic rings. The fourth-order valence-electron chi connectivity index (χ4n) is 4.36. The monoisotopic (exact) mass is 384 g/mol. The molecule has 0 saturated carbocycles. The minimum Gasteiger partial charge on any atom is -0.314 e. The van der Waals surface area contributed by atoms with Crippen LogP contribution >= 0.6 is 0 Å². The second-order valence-corrected chi connectivity index (χ2v) is 9.98. The minimum atomic E-state index is -3.16. The number of fused-ring (bicyclic) bond motifs is 1. The Kier molecular flexibility index (Phi) is 4.26. The van der Waals surface area contributed by atoms with Gasteiger partial charge in [0.1, 0.15) is 0 Å². The number of rotatable bonds is 3. The van der Waals surface area contributed by atoms with Gasteiger partial charge < -0.3 is 4.90 Å². The third kappa shape index (κ3) is 3.34. The highest BCUT2D eigenvalue weighted by Gasteiger charge is 2.53. The van der Waals surface area contributed by atoms with E-state index in [9.17, 15) is 13.2 Å². The van der Waals surface area contributed by atoms with Crippen LogP contribution in [-0.4, -0.2) is 42.9 Å². The maximum absolute atomic E-state index is 13.3. The van der Waals surface area contributed by atoms with Crippen LogP contribution in [0, 0.1) is 20.8 Å². The number of benzene rings is 2. The van der Waals surface area contributed by atoms with E-state index in [1.165, 1.54) is 0 Å². The molecule has 2 heterocycles. The molecule has 0 spiro atoms. The first-order chi connectivity index (χ1) is 12.7. The maximum Gasteiger partial charge on any atom is 0.325 e. The molecule has 2 atom stereocenters. The van der Waals surface area contributed by atoms with E-state index in [-0.39, 0.29) is 29.6 Å². The van der Waals surface area contributed by atoms with E-state index in [1.807, 2.05) is 57.2 Å². The molecule has 2 aromatic carbocycles. The van der Waals surface area contributed by atoms with Crippen molar-refractivity contribution in [3.8, 4) is 0 Å². The van der Waals surface area contributed by atoms with Gasteiger partial charge in [0.25, 0.3) is 0 Å². The van der Waals surface area contributed by atoms with Gasteiger partial charge in [-0.05, 0) is 49.6 Å². The van der Waals surface area contributed by atoms with E-state index in [1.54, 1.807) is 9.80 Å². The van der Waals surface area contributed by atoms with E-state index in [0.717, 1.165) is 27.9 Å². The molecular formula is C21H24N2O3S. The largest absolute Gasteiger partial charge is 0.325 e. The van der Waals surface area contributed by atoms with Crippen LogP contribution in [0.3, 0.4) is 0 Å². The van der Waals surface area contributed by atoms with Crippen molar-refractivity contribution in [2.45, 2.75) is 39.4 Å². The van der Waals surface area contributed by atoms with Crippen molar-refractivity contribution >= 4 is 21.6 Å². The summed E-state index contributed by atoms with van der Waals surface area (Å²) in [4.78, 5) is 16.7. The lowest BCUT2D eigenvalue weighted by molar-refractivity contribution is 0.206. The normalized spacial score (nSPS) is 23.7. The standard InChI is InChI=1S/C21H24N2O3S/c1-14-5-4-6-17(8-14)11-22-19-12-27(25,26)13-20(19)23(21(22)24)18-9-15(2)7-16(3)10-18/h4-10,19-20H,11-13H2,1-3H3/t19-,20+/m0/s1. The number of carbonyl (C=O) groups excluding carboxylic acids is 1. The fourth-order valence-corrected chi connectivity index (χ4v) is 6.31. The number of hydrogen-bond acceptors (Lipinski definition) is 3. The van der Waals surface area contributed by atoms with Gasteiger partial charge in [0.05, 0.1) is 23.6 Å². The van der Waals surface area contributed by atoms with Crippen molar-refractivity contribution in [3.63, 3.8) is 0 Å². The SMILES string of the molecule is Cc1cccc(CN2C(=O)N(c3cc(C)cc(C)c3)[C@@H]3CS(=O)(=O)C[C@@H]32)c1. The quantitative estimate of drug-likeness (QED) is 0.764. The molecule has 0 aliphatic carbocycles. The van der Waals surface area contributed by atoms with E-state index >= 15 is 0 Å². The molecule has 0 aromatic heterocycles. The summed E-state index contributed by atoms with van der Waals surface area (Å²) < 4.78 is 24.7. The number of urea groups is 1. The highest BCUT2D eigenvalue weighted by Crippen LogP contribution is 2.36. The number of hydrogen-bond donors (Lipinski definition) is 0. The van der Waals surface area contributed by atoms with Gasteiger partial charge in [0.2, 0.25) is 0 Å². The summed E-state index contributed by atoms with van der Waals surface area (Å²) in [6, 6.07) is 13.3. The van der Waals surface area contributed by atoms with Crippen LogP contribution < -0.4 is 4.90 Å². The van der Waals surface area contributed by atoms with E-state index in [0.29, 0.717) is 6.54 Å². The maximum atomic E-state index is 13.3. The summed E-state index contributed by atoms with van der Waals surface area (Å²) in [6.07, 6.45) is 0. The Labute approximate surface area is 160 Å². The number of amides is 2. The summed E-state index contributed by atoms with van der Waals surface area (Å²) in [5.41, 5.74) is 5.06. The number of anilines is 1. The first-order valence-electron chi connectivity index (χ1n) is 9.18.